The summed E-state index contributed by atoms with van der Waals surface area (Å²) in [6.45, 7) is 0. The van der Waals surface area contributed by atoms with Crippen molar-refractivity contribution in [2.75, 3.05) is 28.2 Å². The zero-order chi connectivity index (χ0) is 6.78. The van der Waals surface area contributed by atoms with Gasteiger partial charge in [-0.05, 0) is 0 Å². The molecule has 0 bridgehead atoms. The highest BCUT2D eigenvalue weighted by atomic mass is 79.9. The maximum Gasteiger partial charge on any atom is 0.294 e. The summed E-state index contributed by atoms with van der Waals surface area (Å²) in [6.07, 6.45) is 0. The second-order valence-electron chi connectivity index (χ2n) is 2.59. The third kappa shape index (κ3) is 4.42. The molecule has 0 unspecified atom stereocenters. The van der Waals surface area contributed by atoms with Gasteiger partial charge in [-0.25, -0.2) is 4.99 Å². The van der Waals surface area contributed by atoms with Crippen molar-refractivity contribution in [2.24, 2.45) is 10.7 Å². The van der Waals surface area contributed by atoms with E-state index < -0.39 is 0 Å². The molecule has 0 saturated carbocycles. The first kappa shape index (κ1) is 11.7. The van der Waals surface area contributed by atoms with Gasteiger partial charge < -0.3 is 22.7 Å². The first-order chi connectivity index (χ1) is 3.48. The second-order valence-corrected chi connectivity index (χ2v) is 2.59. The monoisotopic (exact) mass is 195 g/mol. The van der Waals surface area contributed by atoms with E-state index in [1.807, 2.05) is 21.1 Å². The fourth-order valence-corrected chi connectivity index (χ4v) is 0.300. The zero-order valence-corrected chi connectivity index (χ0v) is 7.94. The third-order valence-corrected chi connectivity index (χ3v) is 0.916. The summed E-state index contributed by atoms with van der Waals surface area (Å²) < 4.78 is 0.608. The molecule has 4 heteroatoms. The normalized spacial score (nSPS) is 12.7. The summed E-state index contributed by atoms with van der Waals surface area (Å²) in [4.78, 5) is 3.83. The van der Waals surface area contributed by atoms with E-state index in [2.05, 4.69) is 4.99 Å². The summed E-state index contributed by atoms with van der Waals surface area (Å²) in [5, 5.41) is 0. The number of guanidine groups is 1. The molecule has 0 aromatic carbocycles. The van der Waals surface area contributed by atoms with Gasteiger partial charge in [-0.3, -0.25) is 4.48 Å². The van der Waals surface area contributed by atoms with E-state index in [0.717, 1.165) is 0 Å². The number of halogens is 1. The van der Waals surface area contributed by atoms with Crippen LogP contribution in [0, 0.1) is 0 Å². The summed E-state index contributed by atoms with van der Waals surface area (Å²) in [5.41, 5.74) is 5.47. The molecule has 0 saturated heterocycles. The van der Waals surface area contributed by atoms with Gasteiger partial charge in [0.15, 0.2) is 0 Å². The molecule has 0 aliphatic carbocycles. The molecule has 3 nitrogen and oxygen atoms in total. The SMILES string of the molecule is C/N=C(\N)[N+](C)(C)C.[Br-]. The van der Waals surface area contributed by atoms with E-state index in [-0.39, 0.29) is 17.0 Å². The van der Waals surface area contributed by atoms with Gasteiger partial charge in [-0.15, -0.1) is 0 Å². The lowest BCUT2D eigenvalue weighted by molar-refractivity contribution is -0.778. The zero-order valence-electron chi connectivity index (χ0n) is 6.35. The van der Waals surface area contributed by atoms with Crippen LogP contribution in [-0.2, 0) is 0 Å². The molecule has 0 fully saturated rings. The minimum absolute atomic E-state index is 0. The molecule has 56 valence electrons. The molecule has 0 spiro atoms. The van der Waals surface area contributed by atoms with Crippen molar-refractivity contribution in [3.63, 3.8) is 0 Å². The summed E-state index contributed by atoms with van der Waals surface area (Å²) >= 11 is 0. The molecular formula is C5H14BrN3. The van der Waals surface area contributed by atoms with E-state index >= 15 is 0 Å². The lowest BCUT2D eigenvalue weighted by atomic mass is 10.7. The Morgan fingerprint density at radius 3 is 1.67 bits per heavy atom. The van der Waals surface area contributed by atoms with Crippen LogP contribution < -0.4 is 22.7 Å². The summed E-state index contributed by atoms with van der Waals surface area (Å²) in [6, 6.07) is 0. The number of aliphatic imine (C=N–C) groups is 1. The topological polar surface area (TPSA) is 38.4 Å². The first-order valence-corrected chi connectivity index (χ1v) is 2.52. The third-order valence-electron chi connectivity index (χ3n) is 0.916. The number of nitrogens with zero attached hydrogens (tertiary/aromatic N) is 2. The standard InChI is InChI=1S/C5H14N3.BrH/c1-7-5(6)8(2,3)4;/h1-4H3,(H2,6,7);1H/q+1;/p-1. The van der Waals surface area contributed by atoms with Crippen molar-refractivity contribution in [2.45, 2.75) is 0 Å². The van der Waals surface area contributed by atoms with E-state index in [0.29, 0.717) is 10.4 Å². The fourth-order valence-electron chi connectivity index (χ4n) is 0.300. The molecule has 0 aromatic rings. The number of hydrogen-bond acceptors (Lipinski definition) is 1. The van der Waals surface area contributed by atoms with E-state index in [9.17, 15) is 0 Å². The van der Waals surface area contributed by atoms with Crippen molar-refractivity contribution < 1.29 is 21.5 Å². The smallest absolute Gasteiger partial charge is 0.294 e. The molecule has 0 rings (SSSR count). The predicted molar refractivity (Wildman–Crippen MR) is 35.6 cm³/mol. The number of quaternary nitrogens is 1. The quantitative estimate of drug-likeness (QED) is 0.245. The average Bonchev–Trinajstić information content (AvgIpc) is 1.62. The van der Waals surface area contributed by atoms with Crippen LogP contribution in [0.2, 0.25) is 0 Å². The minimum Gasteiger partial charge on any atom is -1.00 e. The van der Waals surface area contributed by atoms with Crippen LogP contribution in [0.3, 0.4) is 0 Å². The molecule has 0 aromatic heterocycles. The summed E-state index contributed by atoms with van der Waals surface area (Å²) in [5.74, 6) is 0.644. The molecular weight excluding hydrogens is 182 g/mol. The van der Waals surface area contributed by atoms with Gasteiger partial charge in [0.05, 0.1) is 21.1 Å². The van der Waals surface area contributed by atoms with Crippen LogP contribution in [0.1, 0.15) is 0 Å². The van der Waals surface area contributed by atoms with Gasteiger partial charge in [0.2, 0.25) is 0 Å². The summed E-state index contributed by atoms with van der Waals surface area (Å²) in [7, 11) is 7.62. The van der Waals surface area contributed by atoms with Crippen LogP contribution in [0.25, 0.3) is 0 Å². The maximum atomic E-state index is 5.47. The Hall–Kier alpha value is -0.0900. The van der Waals surface area contributed by atoms with Crippen molar-refractivity contribution in [3.8, 4) is 0 Å². The van der Waals surface area contributed by atoms with Crippen molar-refractivity contribution in [1.29, 1.82) is 0 Å². The highest BCUT2D eigenvalue weighted by molar-refractivity contribution is 5.70. The first-order valence-electron chi connectivity index (χ1n) is 2.52. The van der Waals surface area contributed by atoms with Crippen molar-refractivity contribution in [3.05, 3.63) is 0 Å². The lowest BCUT2D eigenvalue weighted by Crippen LogP contribution is -3.00. The van der Waals surface area contributed by atoms with Crippen LogP contribution in [0.15, 0.2) is 4.99 Å². The van der Waals surface area contributed by atoms with Gasteiger partial charge in [0.25, 0.3) is 5.96 Å². The van der Waals surface area contributed by atoms with E-state index in [1.54, 1.807) is 7.05 Å². The molecule has 0 aliphatic rings. The predicted octanol–water partition coefficient (Wildman–Crippen LogP) is -3.36. The average molecular weight is 196 g/mol. The highest BCUT2D eigenvalue weighted by Gasteiger charge is 2.10. The molecule has 0 atom stereocenters. The Kier molecular flexibility index (Phi) is 4.99. The number of hydrogen-bond donors (Lipinski definition) is 1. The Morgan fingerprint density at radius 1 is 1.33 bits per heavy atom. The number of rotatable bonds is 0. The van der Waals surface area contributed by atoms with Crippen LogP contribution >= 0.6 is 0 Å². The van der Waals surface area contributed by atoms with Crippen LogP contribution in [0.5, 0.6) is 0 Å². The second kappa shape index (κ2) is 3.85. The lowest BCUT2D eigenvalue weighted by Gasteiger charge is -2.20. The van der Waals surface area contributed by atoms with Crippen molar-refractivity contribution in [1.82, 2.24) is 0 Å². The van der Waals surface area contributed by atoms with Gasteiger partial charge in [-0.1, -0.05) is 0 Å². The Labute approximate surface area is 66.9 Å². The van der Waals surface area contributed by atoms with Gasteiger partial charge in [0.1, 0.15) is 0 Å². The van der Waals surface area contributed by atoms with Crippen molar-refractivity contribution >= 4 is 5.96 Å². The molecule has 9 heavy (non-hydrogen) atoms. The fraction of sp³-hybridized carbons (Fsp3) is 0.800. The van der Waals surface area contributed by atoms with Crippen LogP contribution in [0.4, 0.5) is 0 Å². The van der Waals surface area contributed by atoms with Gasteiger partial charge in [0, 0.05) is 7.05 Å². The Morgan fingerprint density at radius 2 is 1.67 bits per heavy atom. The molecule has 0 aliphatic heterocycles. The van der Waals surface area contributed by atoms with E-state index in [1.165, 1.54) is 0 Å². The van der Waals surface area contributed by atoms with Gasteiger partial charge in [-0.2, -0.15) is 0 Å². The molecule has 0 radical (unpaired) electrons. The van der Waals surface area contributed by atoms with Crippen LogP contribution in [-0.4, -0.2) is 38.6 Å². The minimum atomic E-state index is 0. The van der Waals surface area contributed by atoms with Gasteiger partial charge >= 0.3 is 0 Å². The highest BCUT2D eigenvalue weighted by Crippen LogP contribution is 1.86. The Balaban J connectivity index is 0. The molecule has 0 heterocycles. The van der Waals surface area contributed by atoms with E-state index in [4.69, 9.17) is 5.73 Å². The molecule has 2 N–H and O–H groups in total. The maximum absolute atomic E-state index is 5.47. The largest absolute Gasteiger partial charge is 1.00 e. The molecule has 0 amide bonds. The Bertz CT molecular complexity index is 103. The number of nitrogens with two attached hydrogens (primary N) is 1.